The minimum Gasteiger partial charge on any atom is -0.390 e. The number of aliphatic hydroxyl groups is 1. The number of halogens is 1. The van der Waals surface area contributed by atoms with Gasteiger partial charge in [-0.3, -0.25) is 9.59 Å². The Labute approximate surface area is 149 Å². The molecule has 5 nitrogen and oxygen atoms in total. The van der Waals surface area contributed by atoms with Crippen LogP contribution in [-0.2, 0) is 10.2 Å². The zero-order chi connectivity index (χ0) is 17.1. The summed E-state index contributed by atoms with van der Waals surface area (Å²) in [5.41, 5.74) is 1.21. The van der Waals surface area contributed by atoms with Gasteiger partial charge in [-0.25, -0.2) is 0 Å². The average molecular weight is 393 g/mol. The molecule has 2 N–H and O–H groups in total. The maximum Gasteiger partial charge on any atom is 0.254 e. The van der Waals surface area contributed by atoms with E-state index in [2.05, 4.69) is 21.2 Å². The Morgan fingerprint density at radius 1 is 1.42 bits per heavy atom. The van der Waals surface area contributed by atoms with Gasteiger partial charge in [0.1, 0.15) is 0 Å². The highest BCUT2D eigenvalue weighted by Gasteiger charge is 2.51. The summed E-state index contributed by atoms with van der Waals surface area (Å²) in [6, 6.07) is 5.81. The molecule has 0 bridgehead atoms. The van der Waals surface area contributed by atoms with Crippen LogP contribution in [0.2, 0.25) is 0 Å². The summed E-state index contributed by atoms with van der Waals surface area (Å²) >= 11 is 3.49. The zero-order valence-corrected chi connectivity index (χ0v) is 15.2. The van der Waals surface area contributed by atoms with E-state index in [1.54, 1.807) is 11.8 Å². The molecule has 2 fully saturated rings. The van der Waals surface area contributed by atoms with E-state index in [0.717, 1.165) is 28.4 Å². The average Bonchev–Trinajstić information content (AvgIpc) is 3.23. The molecule has 6 heteroatoms. The summed E-state index contributed by atoms with van der Waals surface area (Å²) in [5, 5.41) is 12.7. The van der Waals surface area contributed by atoms with E-state index in [9.17, 15) is 14.7 Å². The Kier molecular flexibility index (Phi) is 3.55. The molecule has 1 spiro atoms. The number of benzene rings is 1. The number of hydrogen-bond donors (Lipinski definition) is 2. The first-order valence-corrected chi connectivity index (χ1v) is 9.18. The summed E-state index contributed by atoms with van der Waals surface area (Å²) in [6.45, 7) is 2.48. The lowest BCUT2D eigenvalue weighted by Crippen LogP contribution is -2.56. The van der Waals surface area contributed by atoms with E-state index in [4.69, 9.17) is 0 Å². The molecule has 0 atom stereocenters. The third kappa shape index (κ3) is 2.75. The normalized spacial score (nSPS) is 29.9. The van der Waals surface area contributed by atoms with Crippen LogP contribution in [0.4, 0.5) is 0 Å². The van der Waals surface area contributed by atoms with Crippen molar-refractivity contribution in [1.29, 1.82) is 0 Å². The van der Waals surface area contributed by atoms with E-state index in [-0.39, 0.29) is 29.8 Å². The van der Waals surface area contributed by atoms with Crippen molar-refractivity contribution in [3.8, 4) is 0 Å². The Hall–Kier alpha value is -1.40. The van der Waals surface area contributed by atoms with Crippen molar-refractivity contribution in [1.82, 2.24) is 10.2 Å². The first kappa shape index (κ1) is 16.1. The van der Waals surface area contributed by atoms with Crippen molar-refractivity contribution in [2.24, 2.45) is 0 Å². The van der Waals surface area contributed by atoms with Gasteiger partial charge in [-0.2, -0.15) is 0 Å². The van der Waals surface area contributed by atoms with E-state index >= 15 is 0 Å². The first-order chi connectivity index (χ1) is 11.3. The van der Waals surface area contributed by atoms with E-state index in [1.807, 2.05) is 18.2 Å². The largest absolute Gasteiger partial charge is 0.390 e. The number of fused-ring (bicyclic) bond motifs is 2. The zero-order valence-electron chi connectivity index (χ0n) is 13.6. The maximum atomic E-state index is 12.7. The number of rotatable bonds is 3. The minimum absolute atomic E-state index is 0.0190. The molecule has 0 unspecified atom stereocenters. The lowest BCUT2D eigenvalue weighted by atomic mass is 9.77. The van der Waals surface area contributed by atoms with Crippen LogP contribution in [0.25, 0.3) is 0 Å². The lowest BCUT2D eigenvalue weighted by molar-refractivity contribution is -0.125. The minimum atomic E-state index is -0.663. The Balaban J connectivity index is 1.46. The summed E-state index contributed by atoms with van der Waals surface area (Å²) in [4.78, 5) is 26.7. The number of carbonyl (C=O) groups excluding carboxylic acids is 2. The topological polar surface area (TPSA) is 69.6 Å². The fourth-order valence-electron chi connectivity index (χ4n) is 4.09. The van der Waals surface area contributed by atoms with Gasteiger partial charge in [0.2, 0.25) is 5.91 Å². The van der Waals surface area contributed by atoms with Crippen molar-refractivity contribution in [3.05, 3.63) is 33.8 Å². The highest BCUT2D eigenvalue weighted by Crippen LogP contribution is 2.52. The van der Waals surface area contributed by atoms with Gasteiger partial charge in [0.15, 0.2) is 0 Å². The van der Waals surface area contributed by atoms with Gasteiger partial charge in [-0.05, 0) is 56.4 Å². The van der Waals surface area contributed by atoms with E-state index < -0.39 is 5.60 Å². The molecule has 1 heterocycles. The molecule has 24 heavy (non-hydrogen) atoms. The smallest absolute Gasteiger partial charge is 0.254 e. The Bertz CT molecular complexity index is 719. The number of nitrogens with zero attached hydrogens (tertiary/aromatic N) is 1. The van der Waals surface area contributed by atoms with Gasteiger partial charge in [0.05, 0.1) is 12.1 Å². The lowest BCUT2D eigenvalue weighted by Gasteiger charge is -2.41. The van der Waals surface area contributed by atoms with Crippen LogP contribution in [0.3, 0.4) is 0 Å². The van der Waals surface area contributed by atoms with Crippen LogP contribution in [0.5, 0.6) is 0 Å². The molecule has 2 aliphatic carbocycles. The highest BCUT2D eigenvalue weighted by atomic mass is 79.9. The van der Waals surface area contributed by atoms with Gasteiger partial charge in [0, 0.05) is 28.0 Å². The molecule has 1 aromatic carbocycles. The van der Waals surface area contributed by atoms with Crippen molar-refractivity contribution in [2.45, 2.75) is 49.7 Å². The third-order valence-corrected chi connectivity index (χ3v) is 5.98. The molecular formula is C18H21BrN2O3. The third-order valence-electron chi connectivity index (χ3n) is 5.49. The number of nitrogens with one attached hydrogen (secondary N) is 1. The molecule has 1 aromatic rings. The molecule has 4 rings (SSSR count). The summed E-state index contributed by atoms with van der Waals surface area (Å²) in [5.74, 6) is -0.203. The monoisotopic (exact) mass is 392 g/mol. The second kappa shape index (κ2) is 5.30. The first-order valence-electron chi connectivity index (χ1n) is 8.39. The molecule has 0 saturated heterocycles. The fraction of sp³-hybridized carbons (Fsp3) is 0.556. The van der Waals surface area contributed by atoms with Crippen molar-refractivity contribution < 1.29 is 14.7 Å². The molecule has 3 aliphatic rings. The molecule has 0 aromatic heterocycles. The Morgan fingerprint density at radius 3 is 2.75 bits per heavy atom. The summed E-state index contributed by atoms with van der Waals surface area (Å²) in [7, 11) is 0. The van der Waals surface area contributed by atoms with E-state index in [0.29, 0.717) is 19.4 Å². The van der Waals surface area contributed by atoms with Crippen LogP contribution in [0.15, 0.2) is 22.7 Å². The molecule has 0 radical (unpaired) electrons. The van der Waals surface area contributed by atoms with Gasteiger partial charge in [-0.15, -0.1) is 0 Å². The highest BCUT2D eigenvalue weighted by molar-refractivity contribution is 9.10. The van der Waals surface area contributed by atoms with Crippen molar-refractivity contribution >= 4 is 27.7 Å². The number of hydrogen-bond acceptors (Lipinski definition) is 3. The van der Waals surface area contributed by atoms with Crippen LogP contribution in [-0.4, -0.2) is 46.6 Å². The van der Waals surface area contributed by atoms with Crippen LogP contribution >= 0.6 is 15.9 Å². The quantitative estimate of drug-likeness (QED) is 0.825. The predicted molar refractivity (Wildman–Crippen MR) is 92.7 cm³/mol. The van der Waals surface area contributed by atoms with Crippen LogP contribution in [0, 0.1) is 0 Å². The Morgan fingerprint density at radius 2 is 2.12 bits per heavy atom. The molecule has 1 aliphatic heterocycles. The predicted octanol–water partition coefficient (Wildman–Crippen LogP) is 1.97. The van der Waals surface area contributed by atoms with Gasteiger partial charge in [0.25, 0.3) is 5.91 Å². The number of amides is 2. The van der Waals surface area contributed by atoms with Gasteiger partial charge < -0.3 is 15.3 Å². The van der Waals surface area contributed by atoms with Gasteiger partial charge >= 0.3 is 0 Å². The molecular weight excluding hydrogens is 372 g/mol. The van der Waals surface area contributed by atoms with Gasteiger partial charge in [-0.1, -0.05) is 15.9 Å². The summed E-state index contributed by atoms with van der Waals surface area (Å²) < 4.78 is 0.989. The SMILES string of the molecule is CC1(O)CC(NC(=O)CN2CC3(CC3)c3cc(Br)ccc3C2=O)C1. The fourth-order valence-corrected chi connectivity index (χ4v) is 4.45. The maximum absolute atomic E-state index is 12.7. The molecule has 2 saturated carbocycles. The van der Waals surface area contributed by atoms with E-state index in [1.165, 1.54) is 0 Å². The molecule has 128 valence electrons. The van der Waals surface area contributed by atoms with Crippen molar-refractivity contribution in [3.63, 3.8) is 0 Å². The van der Waals surface area contributed by atoms with Crippen LogP contribution in [0.1, 0.15) is 48.5 Å². The van der Waals surface area contributed by atoms with Crippen molar-refractivity contribution in [2.75, 3.05) is 13.1 Å². The standard InChI is InChI=1S/C18H21BrN2O3/c1-17(24)7-12(8-17)20-15(22)9-21-10-18(4-5-18)14-6-11(19)2-3-13(14)16(21)23/h2-3,6,12,24H,4-5,7-10H2,1H3,(H,20,22). The number of carbonyl (C=O) groups is 2. The second-order valence-corrected chi connectivity index (χ2v) is 8.72. The van der Waals surface area contributed by atoms with Crippen LogP contribution < -0.4 is 5.32 Å². The summed E-state index contributed by atoms with van der Waals surface area (Å²) in [6.07, 6.45) is 3.28. The second-order valence-electron chi connectivity index (χ2n) is 7.80. The molecule has 2 amide bonds.